The van der Waals surface area contributed by atoms with E-state index < -0.39 is 0 Å². The van der Waals surface area contributed by atoms with Crippen molar-refractivity contribution in [1.82, 2.24) is 4.57 Å². The Bertz CT molecular complexity index is 627. The number of aromatic nitrogens is 1. The lowest BCUT2D eigenvalue weighted by Crippen LogP contribution is -1.91. The van der Waals surface area contributed by atoms with Gasteiger partial charge in [-0.1, -0.05) is 0 Å². The fraction of sp³-hybridized carbons (Fsp3) is 0.200. The molecule has 0 atom stereocenters. The number of aryl methyl sites for hydroxylation is 2. The van der Waals surface area contributed by atoms with Crippen LogP contribution in [0.1, 0.15) is 11.1 Å². The van der Waals surface area contributed by atoms with Gasteiger partial charge in [0.05, 0.1) is 21.1 Å². The summed E-state index contributed by atoms with van der Waals surface area (Å²) in [5.74, 6) is 0. The highest BCUT2D eigenvalue weighted by atomic mass is 32.1. The van der Waals surface area contributed by atoms with Crippen LogP contribution in [0.2, 0.25) is 0 Å². The molecule has 0 spiro atoms. The molecule has 3 heterocycles. The van der Waals surface area contributed by atoms with E-state index in [0.717, 1.165) is 0 Å². The first-order valence-electron chi connectivity index (χ1n) is 5.92. The zero-order valence-electron chi connectivity index (χ0n) is 10.7. The molecule has 0 saturated carbocycles. The summed E-state index contributed by atoms with van der Waals surface area (Å²) in [6.45, 7) is 4.29. The third kappa shape index (κ3) is 1.93. The van der Waals surface area contributed by atoms with Gasteiger partial charge in [-0.15, -0.1) is 22.7 Å². The second-order valence-electron chi connectivity index (χ2n) is 4.64. The van der Waals surface area contributed by atoms with Crippen molar-refractivity contribution in [3.8, 4) is 21.1 Å². The minimum atomic E-state index is 1.30. The molecule has 0 fully saturated rings. The summed E-state index contributed by atoms with van der Waals surface area (Å²) in [5, 5.41) is 4.41. The lowest BCUT2D eigenvalue weighted by atomic mass is 10.3. The second kappa shape index (κ2) is 4.41. The van der Waals surface area contributed by atoms with Gasteiger partial charge in [0.25, 0.3) is 0 Å². The summed E-state index contributed by atoms with van der Waals surface area (Å²) in [6, 6.07) is 8.94. The summed E-state index contributed by atoms with van der Waals surface area (Å²) in [7, 11) is 2.15. The summed E-state index contributed by atoms with van der Waals surface area (Å²) in [4.78, 5) is 2.68. The Balaban J connectivity index is 2.08. The molecular weight excluding hydrogens is 258 g/mol. The van der Waals surface area contributed by atoms with Crippen LogP contribution in [-0.2, 0) is 7.05 Å². The first-order valence-corrected chi connectivity index (χ1v) is 7.68. The van der Waals surface area contributed by atoms with Crippen molar-refractivity contribution in [2.75, 3.05) is 0 Å². The zero-order valence-corrected chi connectivity index (χ0v) is 12.4. The van der Waals surface area contributed by atoms with Gasteiger partial charge in [-0.25, -0.2) is 0 Å². The van der Waals surface area contributed by atoms with Crippen molar-refractivity contribution >= 4 is 22.7 Å². The Morgan fingerprint density at radius 2 is 1.28 bits per heavy atom. The molecule has 0 aliphatic heterocycles. The van der Waals surface area contributed by atoms with Gasteiger partial charge in [0, 0.05) is 7.05 Å². The van der Waals surface area contributed by atoms with Gasteiger partial charge in [-0.3, -0.25) is 0 Å². The lowest BCUT2D eigenvalue weighted by Gasteiger charge is -2.04. The minimum Gasteiger partial charge on any atom is -0.342 e. The molecule has 0 saturated heterocycles. The van der Waals surface area contributed by atoms with Crippen LogP contribution in [0.4, 0.5) is 0 Å². The molecule has 3 rings (SSSR count). The van der Waals surface area contributed by atoms with E-state index in [2.05, 4.69) is 60.5 Å². The zero-order chi connectivity index (χ0) is 12.7. The van der Waals surface area contributed by atoms with E-state index >= 15 is 0 Å². The minimum absolute atomic E-state index is 1.30. The van der Waals surface area contributed by atoms with Crippen molar-refractivity contribution in [2.45, 2.75) is 13.8 Å². The molecule has 3 aromatic heterocycles. The fourth-order valence-electron chi connectivity index (χ4n) is 2.14. The molecule has 0 aliphatic rings. The largest absolute Gasteiger partial charge is 0.342 e. The summed E-state index contributed by atoms with van der Waals surface area (Å²) >= 11 is 3.63. The van der Waals surface area contributed by atoms with E-state index in [0.29, 0.717) is 0 Å². The maximum Gasteiger partial charge on any atom is 0.0584 e. The standard InChI is InChI=1S/C15H15NS2/c1-10-6-14(17-8-10)12-4-5-13(16(12)3)15-7-11(2)9-18-15/h4-9H,1-3H3. The predicted molar refractivity (Wildman–Crippen MR) is 81.5 cm³/mol. The van der Waals surface area contributed by atoms with Crippen LogP contribution in [-0.4, -0.2) is 4.57 Å². The molecule has 0 N–H and O–H groups in total. The summed E-state index contributed by atoms with van der Waals surface area (Å²) < 4.78 is 2.29. The van der Waals surface area contributed by atoms with E-state index in [4.69, 9.17) is 0 Å². The third-order valence-corrected chi connectivity index (χ3v) is 5.23. The molecule has 92 valence electrons. The molecule has 0 unspecified atom stereocenters. The summed E-state index contributed by atoms with van der Waals surface area (Å²) in [5.41, 5.74) is 5.28. The number of rotatable bonds is 2. The number of hydrogen-bond acceptors (Lipinski definition) is 2. The average molecular weight is 273 g/mol. The highest BCUT2D eigenvalue weighted by molar-refractivity contribution is 7.14. The molecule has 3 aromatic rings. The van der Waals surface area contributed by atoms with Gasteiger partial charge in [0.1, 0.15) is 0 Å². The number of thiophene rings is 2. The lowest BCUT2D eigenvalue weighted by molar-refractivity contribution is 0.951. The van der Waals surface area contributed by atoms with E-state index in [-0.39, 0.29) is 0 Å². The average Bonchev–Trinajstić information content (AvgIpc) is 3.00. The van der Waals surface area contributed by atoms with Gasteiger partial charge in [0.2, 0.25) is 0 Å². The summed E-state index contributed by atoms with van der Waals surface area (Å²) in [6.07, 6.45) is 0. The third-order valence-electron chi connectivity index (χ3n) is 3.09. The van der Waals surface area contributed by atoms with E-state index in [1.54, 1.807) is 0 Å². The predicted octanol–water partition coefficient (Wildman–Crippen LogP) is 5.10. The van der Waals surface area contributed by atoms with E-state index in [1.807, 2.05) is 22.7 Å². The first kappa shape index (κ1) is 11.8. The van der Waals surface area contributed by atoms with Crippen LogP contribution >= 0.6 is 22.7 Å². The Kier molecular flexibility index (Phi) is 2.88. The topological polar surface area (TPSA) is 4.93 Å². The number of hydrogen-bond donors (Lipinski definition) is 0. The second-order valence-corrected chi connectivity index (χ2v) is 6.46. The molecule has 0 aliphatic carbocycles. The first-order chi connectivity index (χ1) is 8.65. The maximum atomic E-state index is 2.29. The van der Waals surface area contributed by atoms with Crippen LogP contribution in [0.5, 0.6) is 0 Å². The van der Waals surface area contributed by atoms with Crippen molar-refractivity contribution in [2.24, 2.45) is 7.05 Å². The van der Waals surface area contributed by atoms with Crippen molar-refractivity contribution < 1.29 is 0 Å². The van der Waals surface area contributed by atoms with Crippen molar-refractivity contribution in [3.63, 3.8) is 0 Å². The molecule has 1 nitrogen and oxygen atoms in total. The molecular formula is C15H15NS2. The van der Waals surface area contributed by atoms with E-state index in [1.165, 1.54) is 32.3 Å². The number of nitrogens with zero attached hydrogens (tertiary/aromatic N) is 1. The fourth-order valence-corrected chi connectivity index (χ4v) is 4.06. The van der Waals surface area contributed by atoms with Gasteiger partial charge < -0.3 is 4.57 Å². The van der Waals surface area contributed by atoms with E-state index in [9.17, 15) is 0 Å². The molecule has 0 aromatic carbocycles. The van der Waals surface area contributed by atoms with Crippen LogP contribution < -0.4 is 0 Å². The van der Waals surface area contributed by atoms with Crippen LogP contribution in [0.15, 0.2) is 35.0 Å². The van der Waals surface area contributed by atoms with Crippen molar-refractivity contribution in [3.05, 3.63) is 46.2 Å². The van der Waals surface area contributed by atoms with Crippen molar-refractivity contribution in [1.29, 1.82) is 0 Å². The highest BCUT2D eigenvalue weighted by Crippen LogP contribution is 2.33. The highest BCUT2D eigenvalue weighted by Gasteiger charge is 2.11. The van der Waals surface area contributed by atoms with Gasteiger partial charge in [0.15, 0.2) is 0 Å². The Morgan fingerprint density at radius 1 is 0.833 bits per heavy atom. The Labute approximate surface area is 115 Å². The maximum absolute atomic E-state index is 2.29. The molecule has 0 radical (unpaired) electrons. The smallest absolute Gasteiger partial charge is 0.0584 e. The molecule has 0 amide bonds. The normalized spacial score (nSPS) is 11.1. The molecule has 3 heteroatoms. The van der Waals surface area contributed by atoms with Crippen LogP contribution in [0.25, 0.3) is 21.1 Å². The van der Waals surface area contributed by atoms with Crippen LogP contribution in [0.3, 0.4) is 0 Å². The Hall–Kier alpha value is -1.32. The molecule has 18 heavy (non-hydrogen) atoms. The van der Waals surface area contributed by atoms with Crippen LogP contribution in [0, 0.1) is 13.8 Å². The van der Waals surface area contributed by atoms with Gasteiger partial charge in [-0.05, 0) is 60.0 Å². The molecule has 0 bridgehead atoms. The monoisotopic (exact) mass is 273 g/mol. The quantitative estimate of drug-likeness (QED) is 0.612. The SMILES string of the molecule is Cc1csc(-c2ccc(-c3cc(C)cs3)n2C)c1. The van der Waals surface area contributed by atoms with Gasteiger partial charge >= 0.3 is 0 Å². The van der Waals surface area contributed by atoms with Gasteiger partial charge in [-0.2, -0.15) is 0 Å². The Morgan fingerprint density at radius 3 is 1.61 bits per heavy atom.